The second-order valence-corrected chi connectivity index (χ2v) is 10.3. The number of carbonyl (C=O) groups is 2. The van der Waals surface area contributed by atoms with E-state index in [2.05, 4.69) is 30.0 Å². The Labute approximate surface area is 191 Å². The lowest BCUT2D eigenvalue weighted by Crippen LogP contribution is -2.52. The van der Waals surface area contributed by atoms with E-state index in [9.17, 15) is 9.59 Å². The molecule has 2 amide bonds. The minimum Gasteiger partial charge on any atom is -0.444 e. The third-order valence-electron chi connectivity index (χ3n) is 6.89. The van der Waals surface area contributed by atoms with Gasteiger partial charge >= 0.3 is 6.09 Å². The summed E-state index contributed by atoms with van der Waals surface area (Å²) >= 11 is 0. The molecule has 5 heteroatoms. The summed E-state index contributed by atoms with van der Waals surface area (Å²) in [6, 6.07) is 12.8. The molecule has 0 spiro atoms. The zero-order chi connectivity index (χ0) is 22.9. The molecule has 2 aromatic rings. The van der Waals surface area contributed by atoms with E-state index < -0.39 is 5.60 Å². The molecule has 0 aromatic heterocycles. The first-order valence-corrected chi connectivity index (χ1v) is 12.0. The molecule has 1 aliphatic carbocycles. The summed E-state index contributed by atoms with van der Waals surface area (Å²) in [6.07, 6.45) is 5.86. The first kappa shape index (κ1) is 22.6. The van der Waals surface area contributed by atoms with Crippen molar-refractivity contribution in [3.63, 3.8) is 0 Å². The lowest BCUT2D eigenvalue weighted by molar-refractivity contribution is 0.0117. The number of hydrogen-bond acceptors (Lipinski definition) is 3. The van der Waals surface area contributed by atoms with Gasteiger partial charge < -0.3 is 14.5 Å². The van der Waals surface area contributed by atoms with Gasteiger partial charge in [-0.05, 0) is 75.8 Å². The lowest BCUT2D eigenvalue weighted by atomic mass is 9.95. The highest BCUT2D eigenvalue weighted by Crippen LogP contribution is 2.32. The molecule has 2 aliphatic rings. The number of likely N-dealkylation sites (tertiary alicyclic amines) is 1. The molecule has 2 fully saturated rings. The minimum absolute atomic E-state index is 0.149. The smallest absolute Gasteiger partial charge is 0.410 e. The largest absolute Gasteiger partial charge is 0.444 e. The molecule has 32 heavy (non-hydrogen) atoms. The summed E-state index contributed by atoms with van der Waals surface area (Å²) in [7, 11) is 0. The first-order chi connectivity index (χ1) is 15.2. The van der Waals surface area contributed by atoms with E-state index in [0.717, 1.165) is 42.2 Å². The van der Waals surface area contributed by atoms with Crippen LogP contribution in [0.25, 0.3) is 10.8 Å². The van der Waals surface area contributed by atoms with Crippen molar-refractivity contribution < 1.29 is 14.3 Å². The van der Waals surface area contributed by atoms with Crippen molar-refractivity contribution in [3.8, 4) is 0 Å². The highest BCUT2D eigenvalue weighted by molar-refractivity contribution is 6.01. The van der Waals surface area contributed by atoms with Crippen molar-refractivity contribution >= 4 is 22.8 Å². The van der Waals surface area contributed by atoms with E-state index in [1.807, 2.05) is 39.0 Å². The summed E-state index contributed by atoms with van der Waals surface area (Å²) in [5.74, 6) is 0.149. The van der Waals surface area contributed by atoms with Crippen molar-refractivity contribution in [1.29, 1.82) is 0 Å². The predicted molar refractivity (Wildman–Crippen MR) is 128 cm³/mol. The quantitative estimate of drug-likeness (QED) is 0.599. The molecule has 0 atom stereocenters. The summed E-state index contributed by atoms with van der Waals surface area (Å²) in [5.41, 5.74) is 1.38. The Kier molecular flexibility index (Phi) is 6.45. The van der Waals surface area contributed by atoms with Crippen molar-refractivity contribution in [1.82, 2.24) is 9.80 Å². The monoisotopic (exact) mass is 436 g/mol. The van der Waals surface area contributed by atoms with E-state index in [-0.39, 0.29) is 18.0 Å². The molecule has 1 saturated carbocycles. The van der Waals surface area contributed by atoms with E-state index >= 15 is 0 Å². The van der Waals surface area contributed by atoms with Gasteiger partial charge in [0.1, 0.15) is 5.60 Å². The number of fused-ring (bicyclic) bond motifs is 1. The Morgan fingerprint density at radius 3 is 2.22 bits per heavy atom. The van der Waals surface area contributed by atoms with Gasteiger partial charge in [-0.25, -0.2) is 4.79 Å². The number of benzene rings is 2. The Balaban J connectivity index is 1.55. The number of nitrogens with zero attached hydrogens (tertiary/aromatic N) is 2. The highest BCUT2D eigenvalue weighted by Gasteiger charge is 2.37. The molecule has 1 saturated heterocycles. The zero-order valence-corrected chi connectivity index (χ0v) is 19.9. The summed E-state index contributed by atoms with van der Waals surface area (Å²) < 4.78 is 5.55. The number of piperidine rings is 1. The maximum absolute atomic E-state index is 13.9. The number of ether oxygens (including phenoxy) is 1. The normalized spacial score (nSPS) is 18.2. The summed E-state index contributed by atoms with van der Waals surface area (Å²) in [5, 5.41) is 2.31. The maximum atomic E-state index is 13.9. The minimum atomic E-state index is -0.493. The highest BCUT2D eigenvalue weighted by atomic mass is 16.6. The van der Waals surface area contributed by atoms with Gasteiger partial charge in [0, 0.05) is 30.7 Å². The van der Waals surface area contributed by atoms with Crippen LogP contribution in [0.3, 0.4) is 0 Å². The number of rotatable bonds is 3. The Morgan fingerprint density at radius 2 is 1.56 bits per heavy atom. The van der Waals surface area contributed by atoms with Gasteiger partial charge in [-0.1, -0.05) is 43.2 Å². The van der Waals surface area contributed by atoms with E-state index in [0.29, 0.717) is 19.1 Å². The molecule has 0 unspecified atom stereocenters. The average Bonchev–Trinajstić information content (AvgIpc) is 3.28. The number of carbonyl (C=O) groups excluding carboxylic acids is 2. The fourth-order valence-electron chi connectivity index (χ4n) is 5.26. The van der Waals surface area contributed by atoms with Crippen LogP contribution in [0.15, 0.2) is 36.4 Å². The molecule has 0 N–H and O–H groups in total. The van der Waals surface area contributed by atoms with Crippen LogP contribution in [0.4, 0.5) is 4.79 Å². The molecule has 4 rings (SSSR count). The molecule has 0 radical (unpaired) electrons. The average molecular weight is 437 g/mol. The number of amides is 2. The van der Waals surface area contributed by atoms with E-state index in [1.165, 1.54) is 18.2 Å². The van der Waals surface area contributed by atoms with E-state index in [4.69, 9.17) is 4.74 Å². The fourth-order valence-corrected chi connectivity index (χ4v) is 5.26. The maximum Gasteiger partial charge on any atom is 0.410 e. The predicted octanol–water partition coefficient (Wildman–Crippen LogP) is 5.93. The first-order valence-electron chi connectivity index (χ1n) is 12.0. The third-order valence-corrected chi connectivity index (χ3v) is 6.89. The van der Waals surface area contributed by atoms with Crippen molar-refractivity contribution in [2.24, 2.45) is 0 Å². The van der Waals surface area contributed by atoms with Crippen LogP contribution in [0.2, 0.25) is 0 Å². The molecule has 2 aromatic carbocycles. The molecule has 1 aliphatic heterocycles. The summed E-state index contributed by atoms with van der Waals surface area (Å²) in [4.78, 5) is 30.4. The van der Waals surface area contributed by atoms with Gasteiger partial charge in [0.2, 0.25) is 0 Å². The van der Waals surface area contributed by atoms with Crippen molar-refractivity contribution in [2.45, 2.75) is 83.9 Å². The van der Waals surface area contributed by atoms with Gasteiger partial charge in [-0.15, -0.1) is 0 Å². The lowest BCUT2D eigenvalue weighted by Gasteiger charge is -2.42. The van der Waals surface area contributed by atoms with Crippen LogP contribution < -0.4 is 0 Å². The number of aryl methyl sites for hydroxylation is 1. The molecule has 0 bridgehead atoms. The Bertz CT molecular complexity index is 980. The van der Waals surface area contributed by atoms with Crippen LogP contribution in [0.5, 0.6) is 0 Å². The molecular formula is C27H36N2O3. The van der Waals surface area contributed by atoms with Crippen LogP contribution in [0.1, 0.15) is 75.2 Å². The van der Waals surface area contributed by atoms with Crippen LogP contribution in [-0.4, -0.2) is 52.6 Å². The van der Waals surface area contributed by atoms with Crippen LogP contribution >= 0.6 is 0 Å². The van der Waals surface area contributed by atoms with Crippen molar-refractivity contribution in [2.75, 3.05) is 13.1 Å². The standard InChI is InChI=1S/C27H36N2O3/c1-19-23-12-8-5-9-20(23)13-14-24(19)25(30)29(21-10-6-7-11-21)22-15-17-28(18-16-22)26(31)32-27(2,3)4/h5,8-9,12-14,21-22H,6-7,10-11,15-18H2,1-4H3. The topological polar surface area (TPSA) is 49.9 Å². The van der Waals surface area contributed by atoms with E-state index in [1.54, 1.807) is 4.90 Å². The number of hydrogen-bond donors (Lipinski definition) is 0. The SMILES string of the molecule is Cc1c(C(=O)N(C2CCCC2)C2CCN(C(=O)OC(C)(C)C)CC2)ccc2ccccc12. The van der Waals surface area contributed by atoms with Gasteiger partial charge in [0.25, 0.3) is 5.91 Å². The zero-order valence-electron chi connectivity index (χ0n) is 19.9. The van der Waals surface area contributed by atoms with Gasteiger partial charge in [-0.2, -0.15) is 0 Å². The molecule has 1 heterocycles. The fraction of sp³-hybridized carbons (Fsp3) is 0.556. The molecular weight excluding hydrogens is 400 g/mol. The van der Waals surface area contributed by atoms with Crippen LogP contribution in [-0.2, 0) is 4.74 Å². The van der Waals surface area contributed by atoms with Crippen molar-refractivity contribution in [3.05, 3.63) is 47.5 Å². The van der Waals surface area contributed by atoms with Gasteiger partial charge in [-0.3, -0.25) is 4.79 Å². The Hall–Kier alpha value is -2.56. The van der Waals surface area contributed by atoms with Gasteiger partial charge in [0.15, 0.2) is 0 Å². The van der Waals surface area contributed by atoms with Gasteiger partial charge in [0.05, 0.1) is 0 Å². The summed E-state index contributed by atoms with van der Waals surface area (Å²) in [6.45, 7) is 9.01. The van der Waals surface area contributed by atoms with Crippen LogP contribution in [0, 0.1) is 6.92 Å². The second-order valence-electron chi connectivity index (χ2n) is 10.3. The molecule has 5 nitrogen and oxygen atoms in total. The third kappa shape index (κ3) is 4.77. The Morgan fingerprint density at radius 1 is 0.938 bits per heavy atom. The molecule has 172 valence electrons. The second kappa shape index (κ2) is 9.13.